The molecule has 7 heteroatoms. The minimum Gasteiger partial charge on any atom is -0.328 e. The number of benzene rings is 1. The lowest BCUT2D eigenvalue weighted by Gasteiger charge is -2.26. The molecular weight excluding hydrogens is 301 g/mol. The molecule has 0 aliphatic heterocycles. The van der Waals surface area contributed by atoms with Gasteiger partial charge in [-0.1, -0.05) is 18.2 Å². The van der Waals surface area contributed by atoms with E-state index >= 15 is 0 Å². The molecule has 5 nitrogen and oxygen atoms in total. The minimum atomic E-state index is -0.326. The summed E-state index contributed by atoms with van der Waals surface area (Å²) >= 11 is 0. The van der Waals surface area contributed by atoms with Crippen LogP contribution in [0.3, 0.4) is 0 Å². The molecular formula is C13H21Cl2N3O2. The average molecular weight is 322 g/mol. The molecule has 0 atom stereocenters. The van der Waals surface area contributed by atoms with Gasteiger partial charge in [-0.15, -0.1) is 24.8 Å². The molecule has 0 heterocycles. The number of nitro groups is 1. The van der Waals surface area contributed by atoms with E-state index in [0.717, 1.165) is 31.2 Å². The van der Waals surface area contributed by atoms with Crippen molar-refractivity contribution in [2.24, 2.45) is 5.73 Å². The van der Waals surface area contributed by atoms with Gasteiger partial charge >= 0.3 is 0 Å². The van der Waals surface area contributed by atoms with Crippen molar-refractivity contribution < 1.29 is 4.92 Å². The van der Waals surface area contributed by atoms with Crippen molar-refractivity contribution in [3.05, 3.63) is 39.9 Å². The fourth-order valence-electron chi connectivity index (χ4n) is 2.42. The van der Waals surface area contributed by atoms with Crippen molar-refractivity contribution in [2.45, 2.75) is 44.3 Å². The van der Waals surface area contributed by atoms with Gasteiger partial charge in [-0.05, 0) is 25.7 Å². The molecule has 1 aromatic rings. The van der Waals surface area contributed by atoms with Crippen LogP contribution in [0.1, 0.15) is 31.2 Å². The fraction of sp³-hybridized carbons (Fsp3) is 0.538. The van der Waals surface area contributed by atoms with Gasteiger partial charge in [0, 0.05) is 30.3 Å². The van der Waals surface area contributed by atoms with Crippen LogP contribution in [0.25, 0.3) is 0 Å². The van der Waals surface area contributed by atoms with Crippen molar-refractivity contribution in [1.29, 1.82) is 0 Å². The Labute approximate surface area is 131 Å². The third-order valence-electron chi connectivity index (χ3n) is 3.54. The Hall–Kier alpha value is -0.880. The topological polar surface area (TPSA) is 81.2 Å². The van der Waals surface area contributed by atoms with Gasteiger partial charge in [0.05, 0.1) is 4.92 Å². The van der Waals surface area contributed by atoms with Gasteiger partial charge in [0.2, 0.25) is 0 Å². The van der Waals surface area contributed by atoms with Gasteiger partial charge in [-0.3, -0.25) is 10.1 Å². The summed E-state index contributed by atoms with van der Waals surface area (Å²) in [5, 5.41) is 14.3. The summed E-state index contributed by atoms with van der Waals surface area (Å²) in [6.45, 7) is 0.553. The van der Waals surface area contributed by atoms with Crippen LogP contribution < -0.4 is 11.1 Å². The van der Waals surface area contributed by atoms with E-state index in [1.807, 2.05) is 6.07 Å². The summed E-state index contributed by atoms with van der Waals surface area (Å²) in [4.78, 5) is 10.6. The van der Waals surface area contributed by atoms with Gasteiger partial charge < -0.3 is 11.1 Å². The third-order valence-corrected chi connectivity index (χ3v) is 3.54. The van der Waals surface area contributed by atoms with E-state index in [2.05, 4.69) is 5.32 Å². The zero-order chi connectivity index (χ0) is 13.0. The van der Waals surface area contributed by atoms with Crippen LogP contribution in [0.5, 0.6) is 0 Å². The van der Waals surface area contributed by atoms with Crippen LogP contribution in [0, 0.1) is 10.1 Å². The molecule has 20 heavy (non-hydrogen) atoms. The highest BCUT2D eigenvalue weighted by Gasteiger charge is 2.19. The van der Waals surface area contributed by atoms with Gasteiger partial charge in [0.25, 0.3) is 5.69 Å². The highest BCUT2D eigenvalue weighted by atomic mass is 35.5. The quantitative estimate of drug-likeness (QED) is 0.660. The lowest BCUT2D eigenvalue weighted by atomic mass is 9.92. The zero-order valence-corrected chi connectivity index (χ0v) is 12.8. The number of nitrogens with one attached hydrogen (secondary N) is 1. The summed E-state index contributed by atoms with van der Waals surface area (Å²) in [7, 11) is 0. The van der Waals surface area contributed by atoms with Gasteiger partial charge in [-0.2, -0.15) is 0 Å². The van der Waals surface area contributed by atoms with Crippen molar-refractivity contribution in [2.75, 3.05) is 0 Å². The van der Waals surface area contributed by atoms with E-state index in [9.17, 15) is 10.1 Å². The first kappa shape index (κ1) is 19.1. The zero-order valence-electron chi connectivity index (χ0n) is 11.2. The molecule has 3 N–H and O–H groups in total. The second-order valence-electron chi connectivity index (χ2n) is 4.88. The summed E-state index contributed by atoms with van der Waals surface area (Å²) in [6, 6.07) is 7.65. The van der Waals surface area contributed by atoms with Crippen LogP contribution >= 0.6 is 24.8 Å². The Kier molecular flexibility index (Phi) is 8.73. The first-order chi connectivity index (χ1) is 8.66. The van der Waals surface area contributed by atoms with Gasteiger partial charge in [-0.25, -0.2) is 0 Å². The molecule has 0 saturated heterocycles. The number of hydrogen-bond acceptors (Lipinski definition) is 4. The maximum absolute atomic E-state index is 10.9. The molecule has 114 valence electrons. The number of nitrogens with two attached hydrogens (primary N) is 1. The number of nitro benzene ring substituents is 1. The minimum absolute atomic E-state index is 0. The molecule has 1 aliphatic rings. The SMILES string of the molecule is Cl.Cl.NC1CCC(NCc2ccccc2[N+](=O)[O-])CC1. The normalized spacial score (nSPS) is 21.4. The number of nitrogens with zero attached hydrogens (tertiary/aromatic N) is 1. The van der Waals surface area contributed by atoms with Gasteiger partial charge in [0.1, 0.15) is 0 Å². The largest absolute Gasteiger partial charge is 0.328 e. The maximum Gasteiger partial charge on any atom is 0.273 e. The standard InChI is InChI=1S/C13H19N3O2.2ClH/c14-11-5-7-12(8-6-11)15-9-10-3-1-2-4-13(10)16(17)18;;/h1-4,11-12,15H,5-9,14H2;2*1H. The molecule has 0 bridgehead atoms. The van der Waals surface area contributed by atoms with E-state index in [-0.39, 0.29) is 35.4 Å². The molecule has 2 rings (SSSR count). The van der Waals surface area contributed by atoms with Crippen LogP contribution in [-0.2, 0) is 6.54 Å². The second kappa shape index (κ2) is 9.13. The van der Waals surface area contributed by atoms with Crippen molar-refractivity contribution in [1.82, 2.24) is 5.32 Å². The van der Waals surface area contributed by atoms with Crippen molar-refractivity contribution >= 4 is 30.5 Å². The number of rotatable bonds is 4. The fourth-order valence-corrected chi connectivity index (χ4v) is 2.42. The molecule has 0 amide bonds. The number of para-hydroxylation sites is 1. The lowest BCUT2D eigenvalue weighted by Crippen LogP contribution is -2.37. The Morgan fingerprint density at radius 3 is 2.40 bits per heavy atom. The molecule has 0 unspecified atom stereocenters. The number of hydrogen-bond donors (Lipinski definition) is 2. The number of halogens is 2. The van der Waals surface area contributed by atoms with Gasteiger partial charge in [0.15, 0.2) is 0 Å². The van der Waals surface area contributed by atoms with Crippen molar-refractivity contribution in [3.8, 4) is 0 Å². The maximum atomic E-state index is 10.9. The summed E-state index contributed by atoms with van der Waals surface area (Å²) in [5.74, 6) is 0. The van der Waals surface area contributed by atoms with Crippen LogP contribution in [0.4, 0.5) is 5.69 Å². The van der Waals surface area contributed by atoms with E-state index in [0.29, 0.717) is 18.6 Å². The Balaban J connectivity index is 0.00000180. The van der Waals surface area contributed by atoms with E-state index < -0.39 is 0 Å². The van der Waals surface area contributed by atoms with Crippen molar-refractivity contribution in [3.63, 3.8) is 0 Å². The average Bonchev–Trinajstić information content (AvgIpc) is 2.38. The molecule has 0 radical (unpaired) electrons. The Morgan fingerprint density at radius 2 is 1.80 bits per heavy atom. The molecule has 1 aliphatic carbocycles. The molecule has 1 saturated carbocycles. The molecule has 1 fully saturated rings. The van der Waals surface area contributed by atoms with Crippen LogP contribution in [-0.4, -0.2) is 17.0 Å². The predicted molar refractivity (Wildman–Crippen MR) is 84.7 cm³/mol. The molecule has 0 aromatic heterocycles. The smallest absolute Gasteiger partial charge is 0.273 e. The van der Waals surface area contributed by atoms with E-state index in [1.54, 1.807) is 18.2 Å². The third kappa shape index (κ3) is 5.25. The van der Waals surface area contributed by atoms with Crippen LogP contribution in [0.2, 0.25) is 0 Å². The summed E-state index contributed by atoms with van der Waals surface area (Å²) in [6.07, 6.45) is 4.19. The Morgan fingerprint density at radius 1 is 1.20 bits per heavy atom. The lowest BCUT2D eigenvalue weighted by molar-refractivity contribution is -0.385. The second-order valence-corrected chi connectivity index (χ2v) is 4.88. The predicted octanol–water partition coefficient (Wildman–Crippen LogP) is 2.80. The monoisotopic (exact) mass is 321 g/mol. The highest BCUT2D eigenvalue weighted by Crippen LogP contribution is 2.20. The van der Waals surface area contributed by atoms with E-state index in [1.165, 1.54) is 0 Å². The first-order valence-electron chi connectivity index (χ1n) is 6.38. The van der Waals surface area contributed by atoms with Crippen LogP contribution in [0.15, 0.2) is 24.3 Å². The Bertz CT molecular complexity index is 424. The molecule has 0 spiro atoms. The highest BCUT2D eigenvalue weighted by molar-refractivity contribution is 5.85. The summed E-state index contributed by atoms with van der Waals surface area (Å²) < 4.78 is 0. The summed E-state index contributed by atoms with van der Waals surface area (Å²) in [5.41, 5.74) is 6.79. The first-order valence-corrected chi connectivity index (χ1v) is 6.38. The van der Waals surface area contributed by atoms with E-state index in [4.69, 9.17) is 5.73 Å². The molecule has 1 aromatic carbocycles.